The number of aromatic nitrogens is 5. The predicted molar refractivity (Wildman–Crippen MR) is 183 cm³/mol. The molecule has 1 spiro atoms. The van der Waals surface area contributed by atoms with Gasteiger partial charge in [-0.05, 0) is 67.5 Å². The summed E-state index contributed by atoms with van der Waals surface area (Å²) in [6.07, 6.45) is 2.15. The molecule has 2 aliphatic rings. The number of aliphatic hydroxyl groups is 1. The number of aryl methyl sites for hydroxylation is 1. The van der Waals surface area contributed by atoms with E-state index in [9.17, 15) is 14.7 Å². The van der Waals surface area contributed by atoms with Crippen molar-refractivity contribution in [2.24, 2.45) is 5.92 Å². The molecule has 47 heavy (non-hydrogen) atoms. The van der Waals surface area contributed by atoms with E-state index in [-0.39, 0.29) is 24.6 Å². The molecule has 244 valence electrons. The molecule has 7 rings (SSSR count). The Kier molecular flexibility index (Phi) is 8.06. The van der Waals surface area contributed by atoms with Crippen molar-refractivity contribution in [2.45, 2.75) is 63.2 Å². The van der Waals surface area contributed by atoms with Crippen LogP contribution in [0, 0.1) is 5.92 Å². The quantitative estimate of drug-likeness (QED) is 0.151. The van der Waals surface area contributed by atoms with Crippen molar-refractivity contribution in [1.82, 2.24) is 24.8 Å². The lowest BCUT2D eigenvalue weighted by molar-refractivity contribution is -0.146. The molecule has 0 radical (unpaired) electrons. The molecule has 0 unspecified atom stereocenters. The minimum absolute atomic E-state index is 0.0178. The molecule has 2 N–H and O–H groups in total. The lowest BCUT2D eigenvalue weighted by atomic mass is 9.82. The third-order valence-corrected chi connectivity index (χ3v) is 12.6. The number of H-pyrrole nitrogens is 1. The molecule has 10 nitrogen and oxygen atoms in total. The van der Waals surface area contributed by atoms with Gasteiger partial charge in [0.15, 0.2) is 5.60 Å². The first-order valence-corrected chi connectivity index (χ1v) is 19.5. The fraction of sp³-hybridized carbons (Fsp3) is 0.353. The molecule has 3 aromatic carbocycles. The van der Waals surface area contributed by atoms with Crippen LogP contribution >= 0.6 is 15.9 Å². The van der Waals surface area contributed by atoms with Gasteiger partial charge in [0.25, 0.3) is 11.5 Å². The van der Waals surface area contributed by atoms with E-state index in [1.54, 1.807) is 34.9 Å². The monoisotopic (exact) mass is 718 g/mol. The Hall–Kier alpha value is -3.91. The zero-order valence-corrected chi connectivity index (χ0v) is 28.9. The van der Waals surface area contributed by atoms with E-state index in [0.29, 0.717) is 36.2 Å². The van der Waals surface area contributed by atoms with Crippen LogP contribution in [-0.2, 0) is 34.6 Å². The zero-order valence-electron chi connectivity index (χ0n) is 26.4. The molecule has 4 heterocycles. The van der Waals surface area contributed by atoms with E-state index in [1.807, 2.05) is 67.6 Å². The summed E-state index contributed by atoms with van der Waals surface area (Å²) in [6, 6.07) is 20.7. The lowest BCUT2D eigenvalue weighted by Crippen LogP contribution is -2.45. The summed E-state index contributed by atoms with van der Waals surface area (Å²) < 4.78 is 27.1. The fourth-order valence-electron chi connectivity index (χ4n) is 7.56. The van der Waals surface area contributed by atoms with Crippen molar-refractivity contribution < 1.29 is 18.7 Å². The van der Waals surface area contributed by atoms with Crippen molar-refractivity contribution in [2.75, 3.05) is 11.5 Å². The molecule has 1 saturated heterocycles. The van der Waals surface area contributed by atoms with Crippen molar-refractivity contribution >= 4 is 46.8 Å². The number of aromatic amines is 1. The number of hydrogen-bond donors (Lipinski definition) is 2. The number of nitrogens with zero attached hydrogens (tertiary/aromatic N) is 5. The third kappa shape index (κ3) is 5.38. The van der Waals surface area contributed by atoms with Gasteiger partial charge in [0.1, 0.15) is 0 Å². The first-order chi connectivity index (χ1) is 22.5. The SMILES string of the molecule is C[C@H]1[C@H]([Si](C)(C)F)[C@@H](CCn2cc(CCO)nn2)O[C@]12C(=O)N(Cc1ccc(-n3[nH]c4ccccc4c3=O)cc1)c1ccc(Br)cc12. The number of carbonyl (C=O) groups excluding carboxylic acids is 1. The highest BCUT2D eigenvalue weighted by Crippen LogP contribution is 2.60. The number of fused-ring (bicyclic) bond motifs is 3. The van der Waals surface area contributed by atoms with Crippen LogP contribution in [-0.4, -0.2) is 56.9 Å². The number of para-hydroxylation sites is 1. The second-order valence-corrected chi connectivity index (χ2v) is 17.7. The molecule has 2 aromatic heterocycles. The number of carbonyl (C=O) groups is 1. The van der Waals surface area contributed by atoms with Crippen LogP contribution < -0.4 is 10.5 Å². The van der Waals surface area contributed by atoms with Gasteiger partial charge < -0.3 is 18.9 Å². The number of amides is 1. The van der Waals surface area contributed by atoms with E-state index >= 15 is 4.11 Å². The normalized spacial score (nSPS) is 22.6. The molecular weight excluding hydrogens is 683 g/mol. The molecule has 13 heteroatoms. The number of rotatable bonds is 9. The maximum atomic E-state index is 16.2. The summed E-state index contributed by atoms with van der Waals surface area (Å²) in [5, 5.41) is 21.3. The van der Waals surface area contributed by atoms with Crippen molar-refractivity contribution in [3.8, 4) is 5.69 Å². The van der Waals surface area contributed by atoms with Crippen LogP contribution in [0.25, 0.3) is 16.6 Å². The van der Waals surface area contributed by atoms with E-state index in [2.05, 4.69) is 31.3 Å². The summed E-state index contributed by atoms with van der Waals surface area (Å²) in [4.78, 5) is 29.4. The number of nitrogens with one attached hydrogen (secondary N) is 1. The van der Waals surface area contributed by atoms with Gasteiger partial charge in [0.2, 0.25) is 8.41 Å². The highest BCUT2D eigenvalue weighted by molar-refractivity contribution is 9.10. The average Bonchev–Trinajstić information content (AvgIpc) is 3.77. The minimum atomic E-state index is -3.32. The van der Waals surface area contributed by atoms with Gasteiger partial charge >= 0.3 is 0 Å². The van der Waals surface area contributed by atoms with Gasteiger partial charge in [-0.2, -0.15) is 0 Å². The van der Waals surface area contributed by atoms with Crippen LogP contribution in [0.5, 0.6) is 0 Å². The molecule has 1 amide bonds. The van der Waals surface area contributed by atoms with Gasteiger partial charge in [0, 0.05) is 47.3 Å². The topological polar surface area (TPSA) is 118 Å². The van der Waals surface area contributed by atoms with E-state index in [1.165, 1.54) is 4.68 Å². The minimum Gasteiger partial charge on any atom is -0.396 e. The number of aliphatic hydroxyl groups excluding tert-OH is 1. The number of hydrogen-bond acceptors (Lipinski definition) is 6. The standard InChI is InChI=1S/C34H36BrFN6O4Si/c1-21-31(47(2,3)36)30(14-16-40-20-24(15-17-43)37-39-40)46-34(21)27-18-23(35)10-13-29(27)41(33(34)45)19-22-8-11-25(12-9-22)42-32(44)26-6-4-5-7-28(26)38-42/h4-13,18,20-21,30-31,38,43H,14-17,19H2,1-3H3/t21-,30+,31-,34+/m0/s1. The number of ether oxygens (including phenoxy) is 1. The molecule has 0 aliphatic carbocycles. The van der Waals surface area contributed by atoms with Crippen molar-refractivity contribution in [3.63, 3.8) is 0 Å². The Bertz CT molecular complexity index is 2020. The Labute approximate surface area is 280 Å². The van der Waals surface area contributed by atoms with E-state index < -0.39 is 31.6 Å². The second kappa shape index (κ2) is 12.0. The average molecular weight is 720 g/mol. The molecule has 0 bridgehead atoms. The fourth-order valence-corrected chi connectivity index (χ4v) is 10.5. The lowest BCUT2D eigenvalue weighted by Gasteiger charge is -2.31. The Morgan fingerprint density at radius 1 is 1.11 bits per heavy atom. The second-order valence-electron chi connectivity index (χ2n) is 13.0. The predicted octanol–water partition coefficient (Wildman–Crippen LogP) is 5.62. The largest absolute Gasteiger partial charge is 0.396 e. The summed E-state index contributed by atoms with van der Waals surface area (Å²) in [6.45, 7) is 6.05. The molecule has 1 fully saturated rings. The van der Waals surface area contributed by atoms with Gasteiger partial charge in [-0.1, -0.05) is 52.3 Å². The first kappa shape index (κ1) is 31.7. The van der Waals surface area contributed by atoms with Gasteiger partial charge in [-0.15, -0.1) is 5.10 Å². The zero-order chi connectivity index (χ0) is 33.1. The molecule has 4 atom stereocenters. The Morgan fingerprint density at radius 3 is 2.60 bits per heavy atom. The summed E-state index contributed by atoms with van der Waals surface area (Å²) >= 11 is 3.60. The van der Waals surface area contributed by atoms with E-state index in [0.717, 1.165) is 26.8 Å². The van der Waals surface area contributed by atoms with Crippen LogP contribution in [0.3, 0.4) is 0 Å². The Balaban J connectivity index is 1.19. The summed E-state index contributed by atoms with van der Waals surface area (Å²) in [5.74, 6) is -0.618. The van der Waals surface area contributed by atoms with Gasteiger partial charge in [0.05, 0.1) is 40.6 Å². The van der Waals surface area contributed by atoms with Gasteiger partial charge in [-0.3, -0.25) is 19.4 Å². The molecular formula is C34H36BrFN6O4Si. The van der Waals surface area contributed by atoms with Crippen LogP contribution in [0.15, 0.2) is 82.2 Å². The maximum absolute atomic E-state index is 16.2. The highest BCUT2D eigenvalue weighted by atomic mass is 79.9. The summed E-state index contributed by atoms with van der Waals surface area (Å²) in [7, 11) is -3.32. The Morgan fingerprint density at radius 2 is 1.87 bits per heavy atom. The maximum Gasteiger partial charge on any atom is 0.279 e. The number of benzene rings is 3. The molecule has 5 aromatic rings. The van der Waals surface area contributed by atoms with Crippen molar-refractivity contribution in [3.05, 3.63) is 105 Å². The van der Waals surface area contributed by atoms with Crippen LogP contribution in [0.1, 0.15) is 30.2 Å². The summed E-state index contributed by atoms with van der Waals surface area (Å²) in [5.41, 5.74) is 2.57. The van der Waals surface area contributed by atoms with E-state index in [4.69, 9.17) is 4.74 Å². The smallest absolute Gasteiger partial charge is 0.279 e. The number of anilines is 1. The highest BCUT2D eigenvalue weighted by Gasteiger charge is 2.66. The van der Waals surface area contributed by atoms with Crippen LogP contribution in [0.4, 0.5) is 9.80 Å². The number of halogens is 2. The molecule has 0 saturated carbocycles. The molecule has 2 aliphatic heterocycles. The van der Waals surface area contributed by atoms with Crippen LogP contribution in [0.2, 0.25) is 18.6 Å². The first-order valence-electron chi connectivity index (χ1n) is 15.8. The van der Waals surface area contributed by atoms with Crippen molar-refractivity contribution in [1.29, 1.82) is 0 Å². The third-order valence-electron chi connectivity index (χ3n) is 9.65. The van der Waals surface area contributed by atoms with Gasteiger partial charge in [-0.25, -0.2) is 4.68 Å².